The van der Waals surface area contributed by atoms with Crippen LogP contribution in [0.4, 0.5) is 0 Å². The lowest BCUT2D eigenvalue weighted by molar-refractivity contribution is 0.0810. The van der Waals surface area contributed by atoms with Crippen molar-refractivity contribution in [3.05, 3.63) is 39.8 Å². The van der Waals surface area contributed by atoms with Gasteiger partial charge in [0.2, 0.25) is 0 Å². The SMILES string of the molecule is N#Cc1ccc(C(=O)N[C@@H]2CCO[C@H]2c2ccn[nH]2)s1. The number of thiophene rings is 1. The first kappa shape index (κ1) is 12.8. The first-order valence-corrected chi connectivity index (χ1v) is 7.01. The molecule has 6 nitrogen and oxygen atoms in total. The summed E-state index contributed by atoms with van der Waals surface area (Å²) in [5.41, 5.74) is 0.858. The number of aromatic nitrogens is 2. The minimum atomic E-state index is -0.197. The number of nitrogens with zero attached hydrogens (tertiary/aromatic N) is 2. The summed E-state index contributed by atoms with van der Waals surface area (Å²) in [4.78, 5) is 13.2. The van der Waals surface area contributed by atoms with Crippen molar-refractivity contribution < 1.29 is 9.53 Å². The molecule has 1 fully saturated rings. The average Bonchev–Trinajstić information content (AvgIpc) is 3.19. The second-order valence-corrected chi connectivity index (χ2v) is 5.53. The van der Waals surface area contributed by atoms with Crippen LogP contribution in [0.5, 0.6) is 0 Å². The zero-order chi connectivity index (χ0) is 13.9. The molecule has 7 heteroatoms. The molecule has 0 bridgehead atoms. The Bertz CT molecular complexity index is 644. The maximum absolute atomic E-state index is 12.2. The average molecular weight is 288 g/mol. The molecule has 2 atom stereocenters. The predicted molar refractivity (Wildman–Crippen MR) is 72.2 cm³/mol. The van der Waals surface area contributed by atoms with Gasteiger partial charge in [0.05, 0.1) is 16.6 Å². The van der Waals surface area contributed by atoms with E-state index in [1.54, 1.807) is 18.3 Å². The van der Waals surface area contributed by atoms with Crippen molar-refractivity contribution in [1.29, 1.82) is 5.26 Å². The fourth-order valence-electron chi connectivity index (χ4n) is 2.23. The third-order valence-electron chi connectivity index (χ3n) is 3.18. The fraction of sp³-hybridized carbons (Fsp3) is 0.308. The molecular weight excluding hydrogens is 276 g/mol. The highest BCUT2D eigenvalue weighted by atomic mass is 32.1. The van der Waals surface area contributed by atoms with Crippen molar-refractivity contribution >= 4 is 17.2 Å². The van der Waals surface area contributed by atoms with Crippen LogP contribution in [0, 0.1) is 11.3 Å². The molecule has 2 N–H and O–H groups in total. The van der Waals surface area contributed by atoms with Crippen LogP contribution in [0.3, 0.4) is 0 Å². The van der Waals surface area contributed by atoms with E-state index in [-0.39, 0.29) is 18.1 Å². The van der Waals surface area contributed by atoms with Gasteiger partial charge < -0.3 is 10.1 Å². The van der Waals surface area contributed by atoms with E-state index in [1.165, 1.54) is 11.3 Å². The minimum Gasteiger partial charge on any atom is -0.370 e. The Balaban J connectivity index is 1.70. The molecule has 0 unspecified atom stereocenters. The molecule has 3 heterocycles. The zero-order valence-electron chi connectivity index (χ0n) is 10.5. The molecule has 0 aliphatic carbocycles. The molecule has 0 saturated carbocycles. The van der Waals surface area contributed by atoms with Gasteiger partial charge in [0, 0.05) is 12.8 Å². The van der Waals surface area contributed by atoms with Crippen molar-refractivity contribution in [3.63, 3.8) is 0 Å². The minimum absolute atomic E-state index is 0.0874. The van der Waals surface area contributed by atoms with E-state index in [0.717, 1.165) is 12.1 Å². The third-order valence-corrected chi connectivity index (χ3v) is 4.17. The highest BCUT2D eigenvalue weighted by Crippen LogP contribution is 2.28. The topological polar surface area (TPSA) is 90.8 Å². The first-order chi connectivity index (χ1) is 9.78. The lowest BCUT2D eigenvalue weighted by Gasteiger charge is -2.18. The molecule has 0 spiro atoms. The Labute approximate surface area is 119 Å². The molecule has 102 valence electrons. The largest absolute Gasteiger partial charge is 0.370 e. The summed E-state index contributed by atoms with van der Waals surface area (Å²) in [7, 11) is 0. The molecule has 2 aromatic heterocycles. The maximum Gasteiger partial charge on any atom is 0.261 e. The van der Waals surface area contributed by atoms with Crippen LogP contribution in [0.1, 0.15) is 32.8 Å². The number of carbonyl (C=O) groups excluding carboxylic acids is 1. The van der Waals surface area contributed by atoms with Gasteiger partial charge in [-0.05, 0) is 24.6 Å². The van der Waals surface area contributed by atoms with Crippen LogP contribution in [-0.2, 0) is 4.74 Å². The van der Waals surface area contributed by atoms with E-state index in [0.29, 0.717) is 16.4 Å². The summed E-state index contributed by atoms with van der Waals surface area (Å²) >= 11 is 1.19. The Kier molecular flexibility index (Phi) is 3.50. The number of nitriles is 1. The van der Waals surface area contributed by atoms with Crippen LogP contribution in [0.2, 0.25) is 0 Å². The molecule has 3 rings (SSSR count). The summed E-state index contributed by atoms with van der Waals surface area (Å²) in [6.45, 7) is 0.600. The monoisotopic (exact) mass is 288 g/mol. The molecule has 20 heavy (non-hydrogen) atoms. The standard InChI is InChI=1S/C13H12N4O2S/c14-7-8-1-2-11(20-8)13(18)16-9-4-6-19-12(9)10-3-5-15-17-10/h1-3,5,9,12H,4,6H2,(H,15,17)(H,16,18)/t9-,12-/m1/s1. The Morgan fingerprint density at radius 2 is 2.45 bits per heavy atom. The predicted octanol–water partition coefficient (Wildman–Crippen LogP) is 1.60. The summed E-state index contributed by atoms with van der Waals surface area (Å²) in [5.74, 6) is -0.170. The molecule has 1 aliphatic rings. The number of hydrogen-bond acceptors (Lipinski definition) is 5. The lowest BCUT2D eigenvalue weighted by Crippen LogP contribution is -2.36. The molecule has 0 aromatic carbocycles. The number of nitrogens with one attached hydrogen (secondary N) is 2. The first-order valence-electron chi connectivity index (χ1n) is 6.19. The van der Waals surface area contributed by atoms with Gasteiger partial charge in [0.15, 0.2) is 0 Å². The number of aromatic amines is 1. The molecule has 1 saturated heterocycles. The lowest BCUT2D eigenvalue weighted by atomic mass is 10.1. The van der Waals surface area contributed by atoms with Crippen molar-refractivity contribution in [2.75, 3.05) is 6.61 Å². The van der Waals surface area contributed by atoms with Gasteiger partial charge in [-0.2, -0.15) is 10.4 Å². The van der Waals surface area contributed by atoms with Crippen LogP contribution in [-0.4, -0.2) is 28.8 Å². The molecule has 1 amide bonds. The molecule has 2 aromatic rings. The zero-order valence-corrected chi connectivity index (χ0v) is 11.3. The Morgan fingerprint density at radius 3 is 3.15 bits per heavy atom. The van der Waals surface area contributed by atoms with Gasteiger partial charge in [-0.15, -0.1) is 11.3 Å². The Morgan fingerprint density at radius 1 is 1.55 bits per heavy atom. The van der Waals surface area contributed by atoms with Crippen molar-refractivity contribution in [2.24, 2.45) is 0 Å². The fourth-order valence-corrected chi connectivity index (χ4v) is 2.93. The number of rotatable bonds is 3. The second kappa shape index (κ2) is 5.45. The highest BCUT2D eigenvalue weighted by Gasteiger charge is 2.32. The maximum atomic E-state index is 12.2. The van der Waals surface area contributed by atoms with E-state index < -0.39 is 0 Å². The van der Waals surface area contributed by atoms with E-state index in [2.05, 4.69) is 15.5 Å². The van der Waals surface area contributed by atoms with Gasteiger partial charge in [-0.25, -0.2) is 0 Å². The van der Waals surface area contributed by atoms with E-state index in [4.69, 9.17) is 10.00 Å². The highest BCUT2D eigenvalue weighted by molar-refractivity contribution is 7.14. The number of ether oxygens (including phenoxy) is 1. The van der Waals surface area contributed by atoms with E-state index >= 15 is 0 Å². The number of H-pyrrole nitrogens is 1. The summed E-state index contributed by atoms with van der Waals surface area (Å²) in [6.07, 6.45) is 2.22. The van der Waals surface area contributed by atoms with Gasteiger partial charge in [0.1, 0.15) is 17.1 Å². The summed E-state index contributed by atoms with van der Waals surface area (Å²) < 4.78 is 5.64. The molecular formula is C13H12N4O2S. The van der Waals surface area contributed by atoms with E-state index in [1.807, 2.05) is 12.1 Å². The molecule has 1 aliphatic heterocycles. The van der Waals surface area contributed by atoms with Crippen LogP contribution >= 0.6 is 11.3 Å². The third kappa shape index (κ3) is 2.43. The summed E-state index contributed by atoms with van der Waals surface area (Å²) in [6, 6.07) is 7.10. The number of carbonyl (C=O) groups is 1. The van der Waals surface area contributed by atoms with Crippen molar-refractivity contribution in [3.8, 4) is 6.07 Å². The van der Waals surface area contributed by atoms with Crippen LogP contribution < -0.4 is 5.32 Å². The summed E-state index contributed by atoms with van der Waals surface area (Å²) in [5, 5.41) is 18.5. The second-order valence-electron chi connectivity index (χ2n) is 4.45. The van der Waals surface area contributed by atoms with Crippen LogP contribution in [0.25, 0.3) is 0 Å². The quantitative estimate of drug-likeness (QED) is 0.897. The van der Waals surface area contributed by atoms with Gasteiger partial charge in [-0.3, -0.25) is 9.89 Å². The van der Waals surface area contributed by atoms with Gasteiger partial charge in [0.25, 0.3) is 5.91 Å². The van der Waals surface area contributed by atoms with Crippen LogP contribution in [0.15, 0.2) is 24.4 Å². The smallest absolute Gasteiger partial charge is 0.261 e. The number of hydrogen-bond donors (Lipinski definition) is 2. The van der Waals surface area contributed by atoms with Gasteiger partial charge >= 0.3 is 0 Å². The van der Waals surface area contributed by atoms with Crippen molar-refractivity contribution in [2.45, 2.75) is 18.6 Å². The van der Waals surface area contributed by atoms with E-state index in [9.17, 15) is 4.79 Å². The number of amides is 1. The Hall–Kier alpha value is -2.17. The van der Waals surface area contributed by atoms with Gasteiger partial charge in [-0.1, -0.05) is 0 Å². The normalized spacial score (nSPS) is 21.6. The molecule has 0 radical (unpaired) electrons. The van der Waals surface area contributed by atoms with Crippen molar-refractivity contribution in [1.82, 2.24) is 15.5 Å².